The van der Waals surface area contributed by atoms with E-state index in [0.717, 1.165) is 28.1 Å². The molecular formula is C25H19N5O3. The van der Waals surface area contributed by atoms with Gasteiger partial charge in [0.1, 0.15) is 0 Å². The quantitative estimate of drug-likeness (QED) is 0.225. The highest BCUT2D eigenvalue weighted by atomic mass is 16.6. The van der Waals surface area contributed by atoms with E-state index in [1.54, 1.807) is 18.6 Å². The number of aryl methyl sites for hydroxylation is 1. The van der Waals surface area contributed by atoms with Gasteiger partial charge in [-0.2, -0.15) is 0 Å². The first-order valence-corrected chi connectivity index (χ1v) is 10.3. The van der Waals surface area contributed by atoms with Crippen molar-refractivity contribution in [3.8, 4) is 11.3 Å². The Hall–Kier alpha value is -4.72. The van der Waals surface area contributed by atoms with Gasteiger partial charge < -0.3 is 15.6 Å². The second-order valence-corrected chi connectivity index (χ2v) is 7.72. The maximum absolute atomic E-state index is 13.0. The molecule has 3 N–H and O–H groups in total. The Kier molecular flexibility index (Phi) is 4.95. The molecule has 8 heteroatoms. The van der Waals surface area contributed by atoms with E-state index in [1.165, 1.54) is 12.1 Å². The van der Waals surface area contributed by atoms with Crippen LogP contribution in [0.3, 0.4) is 0 Å². The second kappa shape index (κ2) is 8.08. The summed E-state index contributed by atoms with van der Waals surface area (Å²) in [6.45, 7) is 1.98. The van der Waals surface area contributed by atoms with E-state index in [2.05, 4.69) is 20.6 Å². The number of carbonyl (C=O) groups is 1. The number of amides is 1. The van der Waals surface area contributed by atoms with Gasteiger partial charge >= 0.3 is 0 Å². The Balaban J connectivity index is 1.67. The standard InChI is InChI=1S/C25H19N5O3/c1-15-5-7-16(8-6-15)24(28-18-4-2-3-17(11-18)22-13-26-14-27-22)23-20-12-19(30(32)33)9-10-21(20)29-25(23)31/h2-14,28H,1H3,(H,26,27)(H,29,31)/b24-23-. The lowest BCUT2D eigenvalue weighted by Gasteiger charge is -2.15. The minimum atomic E-state index is -0.465. The summed E-state index contributed by atoms with van der Waals surface area (Å²) >= 11 is 0. The van der Waals surface area contributed by atoms with Gasteiger partial charge in [-0.05, 0) is 30.7 Å². The first-order chi connectivity index (χ1) is 16.0. The number of aromatic amines is 1. The lowest BCUT2D eigenvalue weighted by Crippen LogP contribution is -2.10. The molecule has 0 fully saturated rings. The number of nitrogens with zero attached hydrogens (tertiary/aromatic N) is 2. The van der Waals surface area contributed by atoms with Crippen molar-refractivity contribution in [3.05, 3.63) is 106 Å². The van der Waals surface area contributed by atoms with Crippen molar-refractivity contribution in [3.63, 3.8) is 0 Å². The van der Waals surface area contributed by atoms with E-state index >= 15 is 0 Å². The molecule has 8 nitrogen and oxygen atoms in total. The van der Waals surface area contributed by atoms with Crippen molar-refractivity contribution < 1.29 is 9.72 Å². The zero-order valence-electron chi connectivity index (χ0n) is 17.6. The normalized spacial score (nSPS) is 13.9. The molecule has 3 aromatic carbocycles. The highest BCUT2D eigenvalue weighted by molar-refractivity contribution is 6.37. The molecule has 0 spiro atoms. The minimum absolute atomic E-state index is 0.0773. The highest BCUT2D eigenvalue weighted by Crippen LogP contribution is 2.39. The van der Waals surface area contributed by atoms with E-state index < -0.39 is 4.92 Å². The second-order valence-electron chi connectivity index (χ2n) is 7.72. The van der Waals surface area contributed by atoms with E-state index in [4.69, 9.17) is 0 Å². The molecule has 1 aliphatic rings. The van der Waals surface area contributed by atoms with E-state index in [0.29, 0.717) is 22.5 Å². The Morgan fingerprint density at radius 1 is 1.06 bits per heavy atom. The lowest BCUT2D eigenvalue weighted by atomic mass is 9.98. The van der Waals surface area contributed by atoms with Crippen molar-refractivity contribution in [1.82, 2.24) is 9.97 Å². The molecule has 0 aliphatic carbocycles. The number of hydrogen-bond donors (Lipinski definition) is 3. The predicted molar refractivity (Wildman–Crippen MR) is 127 cm³/mol. The van der Waals surface area contributed by atoms with E-state index in [1.807, 2.05) is 55.5 Å². The van der Waals surface area contributed by atoms with Crippen LogP contribution in [0, 0.1) is 17.0 Å². The number of nitro groups is 1. The fourth-order valence-electron chi connectivity index (χ4n) is 3.83. The molecule has 0 bridgehead atoms. The number of benzene rings is 3. The van der Waals surface area contributed by atoms with Crippen LogP contribution in [-0.2, 0) is 4.79 Å². The Labute approximate surface area is 189 Å². The van der Waals surface area contributed by atoms with Crippen LogP contribution in [0.4, 0.5) is 17.1 Å². The van der Waals surface area contributed by atoms with Crippen LogP contribution in [0.25, 0.3) is 22.5 Å². The third-order valence-electron chi connectivity index (χ3n) is 5.47. The van der Waals surface area contributed by atoms with Gasteiger partial charge in [0.2, 0.25) is 0 Å². The number of fused-ring (bicyclic) bond motifs is 1. The molecule has 1 aromatic heterocycles. The number of carbonyl (C=O) groups excluding carboxylic acids is 1. The van der Waals surface area contributed by atoms with Crippen LogP contribution in [-0.4, -0.2) is 20.8 Å². The van der Waals surface area contributed by atoms with Gasteiger partial charge in [-0.1, -0.05) is 42.0 Å². The van der Waals surface area contributed by atoms with Crippen molar-refractivity contribution in [2.75, 3.05) is 10.6 Å². The van der Waals surface area contributed by atoms with Gasteiger partial charge in [-0.15, -0.1) is 0 Å². The van der Waals surface area contributed by atoms with Gasteiger partial charge in [-0.25, -0.2) is 4.98 Å². The Morgan fingerprint density at radius 2 is 1.88 bits per heavy atom. The summed E-state index contributed by atoms with van der Waals surface area (Å²) in [5.41, 5.74) is 6.18. The number of imidazole rings is 1. The zero-order chi connectivity index (χ0) is 22.9. The topological polar surface area (TPSA) is 113 Å². The van der Waals surface area contributed by atoms with Crippen LogP contribution in [0.15, 0.2) is 79.3 Å². The molecule has 5 rings (SSSR count). The Morgan fingerprint density at radius 3 is 2.61 bits per heavy atom. The number of non-ortho nitro benzene ring substituents is 1. The van der Waals surface area contributed by atoms with Gasteiger partial charge in [-0.3, -0.25) is 14.9 Å². The summed E-state index contributed by atoms with van der Waals surface area (Å²) in [7, 11) is 0. The van der Waals surface area contributed by atoms with Crippen LogP contribution in [0.1, 0.15) is 16.7 Å². The summed E-state index contributed by atoms with van der Waals surface area (Å²) in [5, 5.41) is 17.6. The summed E-state index contributed by atoms with van der Waals surface area (Å²) in [6.07, 6.45) is 3.42. The van der Waals surface area contributed by atoms with Gasteiger partial charge in [0, 0.05) is 40.8 Å². The Bertz CT molecular complexity index is 1410. The molecule has 162 valence electrons. The van der Waals surface area contributed by atoms with Crippen LogP contribution in [0.2, 0.25) is 0 Å². The molecule has 2 heterocycles. The summed E-state index contributed by atoms with van der Waals surface area (Å²) in [5.74, 6) is -0.322. The zero-order valence-corrected chi connectivity index (χ0v) is 17.6. The summed E-state index contributed by atoms with van der Waals surface area (Å²) < 4.78 is 0. The lowest BCUT2D eigenvalue weighted by molar-refractivity contribution is -0.384. The number of rotatable bonds is 5. The maximum atomic E-state index is 13.0. The molecule has 1 amide bonds. The summed E-state index contributed by atoms with van der Waals surface area (Å²) in [6, 6.07) is 19.8. The van der Waals surface area contributed by atoms with Crippen LogP contribution in [0.5, 0.6) is 0 Å². The molecule has 4 aromatic rings. The number of H-pyrrole nitrogens is 1. The fraction of sp³-hybridized carbons (Fsp3) is 0.0400. The van der Waals surface area contributed by atoms with Gasteiger partial charge in [0.15, 0.2) is 0 Å². The van der Waals surface area contributed by atoms with E-state index in [-0.39, 0.29) is 11.6 Å². The number of hydrogen-bond acceptors (Lipinski definition) is 5. The molecule has 0 atom stereocenters. The number of nitrogens with one attached hydrogen (secondary N) is 3. The molecule has 0 saturated carbocycles. The van der Waals surface area contributed by atoms with Crippen molar-refractivity contribution in [2.24, 2.45) is 0 Å². The van der Waals surface area contributed by atoms with Gasteiger partial charge in [0.25, 0.3) is 11.6 Å². The first-order valence-electron chi connectivity index (χ1n) is 10.3. The monoisotopic (exact) mass is 437 g/mol. The van der Waals surface area contributed by atoms with Crippen molar-refractivity contribution >= 4 is 34.2 Å². The largest absolute Gasteiger partial charge is 0.354 e. The fourth-order valence-corrected chi connectivity index (χ4v) is 3.83. The average molecular weight is 437 g/mol. The smallest absolute Gasteiger partial charge is 0.270 e. The maximum Gasteiger partial charge on any atom is 0.270 e. The first kappa shape index (κ1) is 20.2. The molecular weight excluding hydrogens is 418 g/mol. The predicted octanol–water partition coefficient (Wildman–Crippen LogP) is 5.23. The van der Waals surface area contributed by atoms with Gasteiger partial charge in [0.05, 0.1) is 28.2 Å². The van der Waals surface area contributed by atoms with Crippen molar-refractivity contribution in [1.29, 1.82) is 0 Å². The molecule has 0 unspecified atom stereocenters. The number of nitro benzene ring substituents is 1. The third-order valence-corrected chi connectivity index (χ3v) is 5.47. The number of aromatic nitrogens is 2. The van der Waals surface area contributed by atoms with Crippen molar-refractivity contribution in [2.45, 2.75) is 6.92 Å². The minimum Gasteiger partial charge on any atom is -0.354 e. The molecule has 1 aliphatic heterocycles. The SMILES string of the molecule is Cc1ccc(/C(Nc2cccc(-c3c[nH]cn3)c2)=C2/C(=O)Nc3ccc([N+](=O)[O-])cc32)cc1. The average Bonchev–Trinajstić information content (AvgIpc) is 3.46. The number of anilines is 2. The molecule has 33 heavy (non-hydrogen) atoms. The van der Waals surface area contributed by atoms with Crippen LogP contribution < -0.4 is 10.6 Å². The van der Waals surface area contributed by atoms with Crippen LogP contribution >= 0.6 is 0 Å². The summed E-state index contributed by atoms with van der Waals surface area (Å²) in [4.78, 5) is 31.2. The van der Waals surface area contributed by atoms with E-state index in [9.17, 15) is 14.9 Å². The molecule has 0 radical (unpaired) electrons. The molecule has 0 saturated heterocycles. The highest BCUT2D eigenvalue weighted by Gasteiger charge is 2.30. The third kappa shape index (κ3) is 3.85.